The maximum Gasteiger partial charge on any atom is 0.251 e. The SMILES string of the molecule is CCCCn1nc2cc(C(=O)NCc3ccccc3)ccc2c1OC. The lowest BCUT2D eigenvalue weighted by Gasteiger charge is -2.05. The first-order chi connectivity index (χ1) is 12.2. The van der Waals surface area contributed by atoms with Crippen LogP contribution in [0.4, 0.5) is 0 Å². The van der Waals surface area contributed by atoms with Gasteiger partial charge < -0.3 is 10.1 Å². The summed E-state index contributed by atoms with van der Waals surface area (Å²) >= 11 is 0. The standard InChI is InChI=1S/C20H23N3O2/c1-3-4-12-23-20(25-2)17-11-10-16(13-18(17)22-23)19(24)21-14-15-8-6-5-7-9-15/h5-11,13H,3-4,12,14H2,1-2H3,(H,21,24). The zero-order valence-corrected chi connectivity index (χ0v) is 14.7. The maximum atomic E-state index is 12.4. The second-order valence-electron chi connectivity index (χ2n) is 5.99. The van der Waals surface area contributed by atoms with E-state index >= 15 is 0 Å². The molecule has 0 aliphatic carbocycles. The zero-order valence-electron chi connectivity index (χ0n) is 14.7. The molecule has 130 valence electrons. The normalized spacial score (nSPS) is 10.8. The third kappa shape index (κ3) is 3.82. The molecule has 1 aromatic heterocycles. The molecule has 0 radical (unpaired) electrons. The van der Waals surface area contributed by atoms with E-state index in [2.05, 4.69) is 17.3 Å². The fourth-order valence-electron chi connectivity index (χ4n) is 2.81. The van der Waals surface area contributed by atoms with Crippen molar-refractivity contribution in [1.29, 1.82) is 0 Å². The minimum atomic E-state index is -0.104. The molecule has 0 atom stereocenters. The van der Waals surface area contributed by atoms with Gasteiger partial charge in [-0.3, -0.25) is 4.79 Å². The average molecular weight is 337 g/mol. The van der Waals surface area contributed by atoms with Gasteiger partial charge in [-0.2, -0.15) is 5.10 Å². The van der Waals surface area contributed by atoms with Crippen molar-refractivity contribution in [2.24, 2.45) is 0 Å². The molecule has 5 heteroatoms. The van der Waals surface area contributed by atoms with Gasteiger partial charge in [-0.05, 0) is 30.2 Å². The number of aromatic nitrogens is 2. The van der Waals surface area contributed by atoms with Gasteiger partial charge in [0.25, 0.3) is 5.91 Å². The number of methoxy groups -OCH3 is 1. The molecule has 0 saturated heterocycles. The number of unbranched alkanes of at least 4 members (excludes halogenated alkanes) is 1. The third-order valence-corrected chi connectivity index (χ3v) is 4.17. The Hall–Kier alpha value is -2.82. The third-order valence-electron chi connectivity index (χ3n) is 4.17. The minimum absolute atomic E-state index is 0.104. The first kappa shape index (κ1) is 17.0. The molecule has 0 unspecified atom stereocenters. The molecule has 0 aliphatic heterocycles. The summed E-state index contributed by atoms with van der Waals surface area (Å²) in [5.41, 5.74) is 2.45. The lowest BCUT2D eigenvalue weighted by atomic mass is 10.1. The van der Waals surface area contributed by atoms with Gasteiger partial charge in [0.05, 0.1) is 18.0 Å². The molecule has 0 saturated carbocycles. The Kier molecular flexibility index (Phi) is 5.33. The fourth-order valence-corrected chi connectivity index (χ4v) is 2.81. The van der Waals surface area contributed by atoms with Crippen LogP contribution in [0.1, 0.15) is 35.7 Å². The predicted molar refractivity (Wildman–Crippen MR) is 98.8 cm³/mol. The van der Waals surface area contributed by atoms with Crippen LogP contribution in [0.2, 0.25) is 0 Å². The van der Waals surface area contributed by atoms with Crippen molar-refractivity contribution in [2.75, 3.05) is 7.11 Å². The zero-order chi connectivity index (χ0) is 17.6. The van der Waals surface area contributed by atoms with E-state index in [1.165, 1.54) is 0 Å². The van der Waals surface area contributed by atoms with E-state index < -0.39 is 0 Å². The number of nitrogens with zero attached hydrogens (tertiary/aromatic N) is 2. The summed E-state index contributed by atoms with van der Waals surface area (Å²) in [7, 11) is 1.65. The highest BCUT2D eigenvalue weighted by atomic mass is 16.5. The number of carbonyl (C=O) groups is 1. The van der Waals surface area contributed by atoms with Gasteiger partial charge in [-0.25, -0.2) is 4.68 Å². The van der Waals surface area contributed by atoms with Crippen molar-refractivity contribution in [3.05, 3.63) is 59.7 Å². The van der Waals surface area contributed by atoms with Crippen LogP contribution < -0.4 is 10.1 Å². The molecule has 2 aromatic carbocycles. The van der Waals surface area contributed by atoms with Gasteiger partial charge >= 0.3 is 0 Å². The van der Waals surface area contributed by atoms with E-state index in [1.807, 2.05) is 53.2 Å². The molecule has 5 nitrogen and oxygen atoms in total. The van der Waals surface area contributed by atoms with Crippen LogP contribution in [0.25, 0.3) is 10.9 Å². The Labute approximate surface area is 147 Å². The lowest BCUT2D eigenvalue weighted by molar-refractivity contribution is 0.0951. The predicted octanol–water partition coefficient (Wildman–Crippen LogP) is 3.78. The molecule has 1 amide bonds. The molecule has 1 N–H and O–H groups in total. The average Bonchev–Trinajstić information content (AvgIpc) is 3.01. The van der Waals surface area contributed by atoms with Crippen molar-refractivity contribution in [1.82, 2.24) is 15.1 Å². The minimum Gasteiger partial charge on any atom is -0.481 e. The summed E-state index contributed by atoms with van der Waals surface area (Å²) in [6.45, 7) is 3.46. The van der Waals surface area contributed by atoms with Crippen LogP contribution in [-0.4, -0.2) is 22.8 Å². The lowest BCUT2D eigenvalue weighted by Crippen LogP contribution is -2.22. The molecular formula is C20H23N3O2. The number of hydrogen-bond acceptors (Lipinski definition) is 3. The fraction of sp³-hybridized carbons (Fsp3) is 0.300. The number of rotatable bonds is 7. The molecule has 0 spiro atoms. The topological polar surface area (TPSA) is 56.2 Å². The number of ether oxygens (including phenoxy) is 1. The second kappa shape index (κ2) is 7.83. The van der Waals surface area contributed by atoms with Crippen LogP contribution in [0.3, 0.4) is 0 Å². The van der Waals surface area contributed by atoms with Crippen molar-refractivity contribution < 1.29 is 9.53 Å². The van der Waals surface area contributed by atoms with Crippen LogP contribution in [0.15, 0.2) is 48.5 Å². The van der Waals surface area contributed by atoms with E-state index in [0.29, 0.717) is 12.1 Å². The first-order valence-corrected chi connectivity index (χ1v) is 8.59. The number of carbonyl (C=O) groups excluding carboxylic acids is 1. The number of benzene rings is 2. The van der Waals surface area contributed by atoms with Crippen molar-refractivity contribution in [2.45, 2.75) is 32.9 Å². The number of amides is 1. The number of nitrogens with one attached hydrogen (secondary N) is 1. The van der Waals surface area contributed by atoms with Crippen molar-refractivity contribution >= 4 is 16.8 Å². The van der Waals surface area contributed by atoms with E-state index in [0.717, 1.165) is 41.7 Å². The monoisotopic (exact) mass is 337 g/mol. The van der Waals surface area contributed by atoms with E-state index in [-0.39, 0.29) is 5.91 Å². The summed E-state index contributed by atoms with van der Waals surface area (Å²) in [5.74, 6) is 0.646. The molecule has 3 rings (SSSR count). The molecule has 0 bridgehead atoms. The van der Waals surface area contributed by atoms with Gasteiger partial charge in [0.2, 0.25) is 5.88 Å². The smallest absolute Gasteiger partial charge is 0.251 e. The highest BCUT2D eigenvalue weighted by Gasteiger charge is 2.14. The first-order valence-electron chi connectivity index (χ1n) is 8.59. The maximum absolute atomic E-state index is 12.4. The molecular weight excluding hydrogens is 314 g/mol. The van der Waals surface area contributed by atoms with Crippen LogP contribution >= 0.6 is 0 Å². The largest absolute Gasteiger partial charge is 0.481 e. The van der Waals surface area contributed by atoms with E-state index in [4.69, 9.17) is 4.74 Å². The Bertz CT molecular complexity index is 856. The van der Waals surface area contributed by atoms with Gasteiger partial charge in [-0.15, -0.1) is 0 Å². The summed E-state index contributed by atoms with van der Waals surface area (Å²) < 4.78 is 7.38. The number of hydrogen-bond donors (Lipinski definition) is 1. The second-order valence-corrected chi connectivity index (χ2v) is 5.99. The quantitative estimate of drug-likeness (QED) is 0.714. The van der Waals surface area contributed by atoms with Crippen LogP contribution in [0, 0.1) is 0 Å². The summed E-state index contributed by atoms with van der Waals surface area (Å²) in [4.78, 5) is 12.4. The van der Waals surface area contributed by atoms with Crippen LogP contribution in [-0.2, 0) is 13.1 Å². The summed E-state index contributed by atoms with van der Waals surface area (Å²) in [5, 5.41) is 8.47. The molecule has 3 aromatic rings. The Morgan fingerprint density at radius 1 is 1.20 bits per heavy atom. The summed E-state index contributed by atoms with van der Waals surface area (Å²) in [6.07, 6.45) is 2.13. The Morgan fingerprint density at radius 3 is 2.72 bits per heavy atom. The highest BCUT2D eigenvalue weighted by molar-refractivity contribution is 5.98. The highest BCUT2D eigenvalue weighted by Crippen LogP contribution is 2.26. The van der Waals surface area contributed by atoms with Crippen molar-refractivity contribution in [3.8, 4) is 5.88 Å². The van der Waals surface area contributed by atoms with Gasteiger partial charge in [0.1, 0.15) is 0 Å². The van der Waals surface area contributed by atoms with Gasteiger partial charge in [-0.1, -0.05) is 43.7 Å². The van der Waals surface area contributed by atoms with Crippen molar-refractivity contribution in [3.63, 3.8) is 0 Å². The molecule has 1 heterocycles. The molecule has 0 aliphatic rings. The van der Waals surface area contributed by atoms with Crippen LogP contribution in [0.5, 0.6) is 5.88 Å². The van der Waals surface area contributed by atoms with E-state index in [9.17, 15) is 4.79 Å². The Balaban J connectivity index is 1.79. The Morgan fingerprint density at radius 2 is 2.00 bits per heavy atom. The number of fused-ring (bicyclic) bond motifs is 1. The van der Waals surface area contributed by atoms with Gasteiger partial charge in [0, 0.05) is 18.7 Å². The van der Waals surface area contributed by atoms with E-state index in [1.54, 1.807) is 7.11 Å². The number of aryl methyl sites for hydroxylation is 1. The summed E-state index contributed by atoms with van der Waals surface area (Å²) in [6, 6.07) is 15.4. The molecule has 25 heavy (non-hydrogen) atoms. The van der Waals surface area contributed by atoms with Gasteiger partial charge in [0.15, 0.2) is 0 Å². The molecule has 0 fully saturated rings.